The predicted octanol–water partition coefficient (Wildman–Crippen LogP) is 5.41. The molecule has 0 N–H and O–H groups in total. The second kappa shape index (κ2) is 9.00. The van der Waals surface area contributed by atoms with E-state index in [1.807, 2.05) is 78.9 Å². The number of benzene rings is 3. The van der Waals surface area contributed by atoms with E-state index in [-0.39, 0.29) is 0 Å². The van der Waals surface area contributed by atoms with Gasteiger partial charge in [0, 0.05) is 0 Å². The molecule has 0 radical (unpaired) electrons. The lowest BCUT2D eigenvalue weighted by molar-refractivity contribution is 0.305. The number of hydrogen-bond acceptors (Lipinski definition) is 3. The van der Waals surface area contributed by atoms with Gasteiger partial charge in [-0.2, -0.15) is 0 Å². The molecule has 132 valence electrons. The summed E-state index contributed by atoms with van der Waals surface area (Å²) in [5.41, 5.74) is 1.14. The van der Waals surface area contributed by atoms with Crippen LogP contribution in [-0.2, 0) is 6.42 Å². The fourth-order valence-electron chi connectivity index (χ4n) is 2.62. The van der Waals surface area contributed by atoms with Crippen LogP contribution in [0.5, 0.6) is 17.2 Å². The lowest BCUT2D eigenvalue weighted by Gasteiger charge is -2.19. The highest BCUT2D eigenvalue weighted by Crippen LogP contribution is 2.23. The minimum Gasteiger partial charge on any atom is -0.490 e. The zero-order valence-corrected chi connectivity index (χ0v) is 15.2. The van der Waals surface area contributed by atoms with E-state index >= 15 is 0 Å². The summed E-state index contributed by atoms with van der Waals surface area (Å²) in [7, 11) is -0.881. The predicted molar refractivity (Wildman–Crippen MR) is 106 cm³/mol. The summed E-state index contributed by atoms with van der Waals surface area (Å²) in [5.74, 6) is 2.69. The van der Waals surface area contributed by atoms with Crippen molar-refractivity contribution >= 4 is 7.32 Å². The summed E-state index contributed by atoms with van der Waals surface area (Å²) in [6, 6.07) is 27.1. The van der Waals surface area contributed by atoms with Crippen LogP contribution in [0.1, 0.15) is 19.4 Å². The molecule has 0 fully saturated rings. The standard InChI is InChI=1S/C22H23BO3/c1-18(2)17-19-11-9-10-16-22(19)26-23(24-20-12-5-3-6-13-20)25-21-14-7-4-8-15-21/h3-16,18H,17H2,1-2H3. The molecule has 4 heteroatoms. The Morgan fingerprint density at radius 2 is 1.15 bits per heavy atom. The van der Waals surface area contributed by atoms with Gasteiger partial charge in [0.15, 0.2) is 0 Å². The van der Waals surface area contributed by atoms with Gasteiger partial charge in [-0.3, -0.25) is 0 Å². The van der Waals surface area contributed by atoms with Gasteiger partial charge in [-0.25, -0.2) is 0 Å². The molecule has 3 aromatic carbocycles. The van der Waals surface area contributed by atoms with Crippen LogP contribution in [0.2, 0.25) is 0 Å². The first kappa shape index (κ1) is 17.9. The van der Waals surface area contributed by atoms with Crippen LogP contribution in [0.4, 0.5) is 0 Å². The smallest absolute Gasteiger partial charge is 0.490 e. The van der Waals surface area contributed by atoms with Crippen molar-refractivity contribution in [3.05, 3.63) is 90.5 Å². The van der Waals surface area contributed by atoms with Gasteiger partial charge in [0.05, 0.1) is 0 Å². The molecule has 3 rings (SSSR count). The van der Waals surface area contributed by atoms with Crippen molar-refractivity contribution in [3.63, 3.8) is 0 Å². The maximum atomic E-state index is 6.11. The van der Waals surface area contributed by atoms with Crippen molar-refractivity contribution in [3.8, 4) is 17.2 Å². The minimum atomic E-state index is -0.881. The topological polar surface area (TPSA) is 27.7 Å². The second-order valence-corrected chi connectivity index (χ2v) is 6.47. The third-order valence-corrected chi connectivity index (χ3v) is 3.77. The molecule has 0 aromatic heterocycles. The van der Waals surface area contributed by atoms with Crippen molar-refractivity contribution in [1.82, 2.24) is 0 Å². The van der Waals surface area contributed by atoms with E-state index < -0.39 is 7.32 Å². The molecule has 26 heavy (non-hydrogen) atoms. The summed E-state index contributed by atoms with van der Waals surface area (Å²) in [6.07, 6.45) is 0.930. The first-order valence-corrected chi connectivity index (χ1v) is 8.88. The Morgan fingerprint density at radius 3 is 1.69 bits per heavy atom. The van der Waals surface area contributed by atoms with Crippen molar-refractivity contribution in [1.29, 1.82) is 0 Å². The average Bonchev–Trinajstić information content (AvgIpc) is 2.64. The van der Waals surface area contributed by atoms with E-state index in [1.165, 1.54) is 0 Å². The highest BCUT2D eigenvalue weighted by molar-refractivity contribution is 6.39. The fraction of sp³-hybridized carbons (Fsp3) is 0.182. The Morgan fingerprint density at radius 1 is 0.654 bits per heavy atom. The Balaban J connectivity index is 1.81. The molecule has 0 spiro atoms. The van der Waals surface area contributed by atoms with E-state index in [4.69, 9.17) is 14.0 Å². The summed E-state index contributed by atoms with van der Waals surface area (Å²) < 4.78 is 18.0. The van der Waals surface area contributed by atoms with E-state index in [0.717, 1.165) is 17.7 Å². The van der Waals surface area contributed by atoms with Gasteiger partial charge in [-0.15, -0.1) is 0 Å². The van der Waals surface area contributed by atoms with Gasteiger partial charge >= 0.3 is 7.32 Å². The van der Waals surface area contributed by atoms with Gasteiger partial charge in [0.25, 0.3) is 0 Å². The van der Waals surface area contributed by atoms with Gasteiger partial charge < -0.3 is 14.0 Å². The molecule has 3 aromatic rings. The molecule has 0 unspecified atom stereocenters. The Bertz CT molecular complexity index is 749. The maximum absolute atomic E-state index is 6.11. The van der Waals surface area contributed by atoms with E-state index in [2.05, 4.69) is 19.9 Å². The number of para-hydroxylation sites is 3. The second-order valence-electron chi connectivity index (χ2n) is 6.47. The third-order valence-electron chi connectivity index (χ3n) is 3.77. The zero-order valence-electron chi connectivity index (χ0n) is 15.2. The van der Waals surface area contributed by atoms with Gasteiger partial charge in [-0.1, -0.05) is 68.4 Å². The Hall–Kier alpha value is -2.88. The zero-order chi connectivity index (χ0) is 18.2. The van der Waals surface area contributed by atoms with Crippen LogP contribution < -0.4 is 14.0 Å². The Labute approximate surface area is 155 Å². The average molecular weight is 346 g/mol. The normalized spacial score (nSPS) is 10.4. The van der Waals surface area contributed by atoms with Crippen molar-refractivity contribution in [2.24, 2.45) is 5.92 Å². The van der Waals surface area contributed by atoms with Crippen LogP contribution >= 0.6 is 0 Å². The number of rotatable bonds is 8. The molecule has 0 atom stereocenters. The summed E-state index contributed by atoms with van der Waals surface area (Å²) in [6.45, 7) is 4.38. The molecule has 0 aliphatic carbocycles. The molecule has 0 aliphatic heterocycles. The van der Waals surface area contributed by atoms with Crippen LogP contribution in [0.3, 0.4) is 0 Å². The van der Waals surface area contributed by atoms with Crippen LogP contribution in [0, 0.1) is 5.92 Å². The number of hydrogen-bond donors (Lipinski definition) is 0. The largest absolute Gasteiger partial charge is 0.864 e. The molecule has 0 saturated heterocycles. The lowest BCUT2D eigenvalue weighted by atomic mass is 10.0. The molecule has 0 heterocycles. The van der Waals surface area contributed by atoms with E-state index in [1.54, 1.807) is 0 Å². The summed E-state index contributed by atoms with van der Waals surface area (Å²) >= 11 is 0. The highest BCUT2D eigenvalue weighted by Gasteiger charge is 2.31. The first-order valence-electron chi connectivity index (χ1n) is 8.88. The molecular formula is C22H23BO3. The molecule has 3 nitrogen and oxygen atoms in total. The third kappa shape index (κ3) is 5.31. The monoisotopic (exact) mass is 346 g/mol. The summed E-state index contributed by atoms with van der Waals surface area (Å²) in [4.78, 5) is 0. The lowest BCUT2D eigenvalue weighted by Crippen LogP contribution is -2.37. The first-order chi connectivity index (χ1) is 12.7. The van der Waals surface area contributed by atoms with Crippen LogP contribution in [-0.4, -0.2) is 7.32 Å². The van der Waals surface area contributed by atoms with Gasteiger partial charge in [0.2, 0.25) is 0 Å². The maximum Gasteiger partial charge on any atom is 0.864 e. The van der Waals surface area contributed by atoms with Gasteiger partial charge in [0.1, 0.15) is 17.2 Å². The molecular weight excluding hydrogens is 323 g/mol. The van der Waals surface area contributed by atoms with Crippen LogP contribution in [0.15, 0.2) is 84.9 Å². The fourth-order valence-corrected chi connectivity index (χ4v) is 2.62. The summed E-state index contributed by atoms with van der Waals surface area (Å²) in [5, 5.41) is 0. The van der Waals surface area contributed by atoms with Crippen LogP contribution in [0.25, 0.3) is 0 Å². The van der Waals surface area contributed by atoms with E-state index in [0.29, 0.717) is 17.4 Å². The Kier molecular flexibility index (Phi) is 6.21. The molecule has 0 amide bonds. The SMILES string of the molecule is CC(C)Cc1ccccc1OB(Oc1ccccc1)Oc1ccccc1. The van der Waals surface area contributed by atoms with Crippen molar-refractivity contribution in [2.75, 3.05) is 0 Å². The van der Waals surface area contributed by atoms with Gasteiger partial charge in [-0.05, 0) is 48.2 Å². The minimum absolute atomic E-state index is 0.531. The van der Waals surface area contributed by atoms with Crippen molar-refractivity contribution < 1.29 is 14.0 Å². The molecule has 0 saturated carbocycles. The quantitative estimate of drug-likeness (QED) is 0.511. The molecule has 0 bridgehead atoms. The highest BCUT2D eigenvalue weighted by atomic mass is 16.7. The molecule has 0 aliphatic rings. The van der Waals surface area contributed by atoms with Crippen molar-refractivity contribution in [2.45, 2.75) is 20.3 Å². The van der Waals surface area contributed by atoms with E-state index in [9.17, 15) is 0 Å².